The fraction of sp³-hybridized carbons (Fsp3) is 0.286. The summed E-state index contributed by atoms with van der Waals surface area (Å²) in [6, 6.07) is 10.9. The van der Waals surface area contributed by atoms with E-state index >= 15 is 0 Å². The number of rotatable bonds is 8. The zero-order chi connectivity index (χ0) is 27.6. The van der Waals surface area contributed by atoms with Crippen LogP contribution < -0.4 is 14.4 Å². The summed E-state index contributed by atoms with van der Waals surface area (Å²) < 4.78 is 16.0. The second kappa shape index (κ2) is 11.1. The lowest BCUT2D eigenvalue weighted by Gasteiger charge is -2.23. The number of hydrogen-bond acceptors (Lipinski definition) is 9. The molecule has 1 atom stereocenters. The van der Waals surface area contributed by atoms with E-state index in [1.54, 1.807) is 63.4 Å². The molecule has 1 N–H and O–H groups in total. The fourth-order valence-electron chi connectivity index (χ4n) is 4.31. The van der Waals surface area contributed by atoms with Gasteiger partial charge in [-0.1, -0.05) is 23.5 Å². The first-order chi connectivity index (χ1) is 18.2. The molecule has 3 aromatic rings. The van der Waals surface area contributed by atoms with Crippen LogP contribution in [0.5, 0.6) is 11.5 Å². The number of esters is 1. The van der Waals surface area contributed by atoms with Gasteiger partial charge >= 0.3 is 11.9 Å². The van der Waals surface area contributed by atoms with Gasteiger partial charge in [0.05, 0.1) is 37.6 Å². The Hall–Kier alpha value is -4.18. The highest BCUT2D eigenvalue weighted by Gasteiger charge is 2.48. The van der Waals surface area contributed by atoms with Crippen molar-refractivity contribution in [3.05, 3.63) is 75.3 Å². The van der Waals surface area contributed by atoms with Gasteiger partial charge in [0, 0.05) is 5.56 Å². The molecule has 0 radical (unpaired) electrons. The molecule has 1 aromatic heterocycles. The largest absolute Gasteiger partial charge is 0.507 e. The molecule has 0 unspecified atom stereocenters. The molecule has 1 aliphatic rings. The predicted octanol–water partition coefficient (Wildman–Crippen LogP) is 4.97. The van der Waals surface area contributed by atoms with Crippen LogP contribution in [0, 0.1) is 13.8 Å². The molecule has 1 aliphatic heterocycles. The first-order valence-electron chi connectivity index (χ1n) is 12.0. The molecule has 4 rings (SSSR count). The van der Waals surface area contributed by atoms with Gasteiger partial charge < -0.3 is 19.3 Å². The number of hydrogen-bond donors (Lipinski definition) is 1. The molecule has 0 bridgehead atoms. The summed E-state index contributed by atoms with van der Waals surface area (Å²) in [5.41, 5.74) is 1.96. The molecule has 2 heterocycles. The Kier molecular flexibility index (Phi) is 7.82. The topological polar surface area (TPSA) is 115 Å². The number of thiazole rings is 1. The van der Waals surface area contributed by atoms with Crippen molar-refractivity contribution in [1.29, 1.82) is 0 Å². The van der Waals surface area contributed by atoms with E-state index in [2.05, 4.69) is 4.98 Å². The Balaban J connectivity index is 1.90. The van der Waals surface area contributed by atoms with Crippen molar-refractivity contribution in [3.8, 4) is 11.5 Å². The monoisotopic (exact) mass is 536 g/mol. The van der Waals surface area contributed by atoms with Gasteiger partial charge in [-0.05, 0) is 69.2 Å². The minimum absolute atomic E-state index is 0.0886. The lowest BCUT2D eigenvalue weighted by Crippen LogP contribution is -2.29. The van der Waals surface area contributed by atoms with Crippen molar-refractivity contribution in [3.63, 3.8) is 0 Å². The number of aryl methyl sites for hydroxylation is 2. The molecular weight excluding hydrogens is 508 g/mol. The van der Waals surface area contributed by atoms with Gasteiger partial charge in [0.1, 0.15) is 22.1 Å². The van der Waals surface area contributed by atoms with Crippen molar-refractivity contribution in [1.82, 2.24) is 4.98 Å². The van der Waals surface area contributed by atoms with Crippen molar-refractivity contribution in [2.75, 3.05) is 25.2 Å². The first-order valence-corrected chi connectivity index (χ1v) is 12.9. The standard InChI is InChI=1S/C28H28N2O7S/c1-6-36-19-11-8-17(9-12-19)22-21(23(31)18-10-13-20(35-5)15(3)14-18)24(32)26(33)30(22)28-29-16(4)25(38-28)27(34)37-7-2/h8-14,22,31H,6-7H2,1-5H3/b23-21+/t22-/m1/s1. The maximum Gasteiger partial charge on any atom is 0.350 e. The van der Waals surface area contributed by atoms with Crippen LogP contribution in [-0.4, -0.2) is 48.1 Å². The summed E-state index contributed by atoms with van der Waals surface area (Å²) in [6.45, 7) is 7.67. The quantitative estimate of drug-likeness (QED) is 0.186. The molecule has 1 saturated heterocycles. The molecule has 38 heavy (non-hydrogen) atoms. The van der Waals surface area contributed by atoms with Crippen molar-refractivity contribution in [2.45, 2.75) is 33.7 Å². The highest BCUT2D eigenvalue weighted by atomic mass is 32.1. The highest BCUT2D eigenvalue weighted by Crippen LogP contribution is 2.44. The lowest BCUT2D eigenvalue weighted by molar-refractivity contribution is -0.132. The van der Waals surface area contributed by atoms with Gasteiger partial charge in [-0.2, -0.15) is 0 Å². The van der Waals surface area contributed by atoms with Gasteiger partial charge in [-0.3, -0.25) is 14.5 Å². The number of ketones is 1. The molecule has 0 saturated carbocycles. The van der Waals surface area contributed by atoms with Crippen LogP contribution in [0.3, 0.4) is 0 Å². The normalized spacial score (nSPS) is 16.6. The van der Waals surface area contributed by atoms with Gasteiger partial charge in [-0.15, -0.1) is 0 Å². The summed E-state index contributed by atoms with van der Waals surface area (Å²) in [4.78, 5) is 45.2. The van der Waals surface area contributed by atoms with Gasteiger partial charge in [0.15, 0.2) is 5.13 Å². The van der Waals surface area contributed by atoms with E-state index in [4.69, 9.17) is 14.2 Å². The summed E-state index contributed by atoms with van der Waals surface area (Å²) in [7, 11) is 1.54. The molecule has 9 nitrogen and oxygen atoms in total. The third-order valence-electron chi connectivity index (χ3n) is 6.07. The maximum absolute atomic E-state index is 13.4. The summed E-state index contributed by atoms with van der Waals surface area (Å²) >= 11 is 0.959. The average Bonchev–Trinajstić information content (AvgIpc) is 3.41. The lowest BCUT2D eigenvalue weighted by atomic mass is 9.95. The molecule has 10 heteroatoms. The van der Waals surface area contributed by atoms with Crippen LogP contribution in [0.1, 0.15) is 51.9 Å². The van der Waals surface area contributed by atoms with E-state index < -0.39 is 23.7 Å². The Morgan fingerprint density at radius 3 is 2.39 bits per heavy atom. The minimum Gasteiger partial charge on any atom is -0.507 e. The molecule has 1 fully saturated rings. The summed E-state index contributed by atoms with van der Waals surface area (Å²) in [5, 5.41) is 11.5. The summed E-state index contributed by atoms with van der Waals surface area (Å²) in [6.07, 6.45) is 0. The number of aliphatic hydroxyl groups is 1. The van der Waals surface area contributed by atoms with Gasteiger partial charge in [0.25, 0.3) is 5.78 Å². The van der Waals surface area contributed by atoms with Crippen LogP contribution in [-0.2, 0) is 14.3 Å². The Morgan fingerprint density at radius 2 is 1.79 bits per heavy atom. The van der Waals surface area contributed by atoms with Crippen LogP contribution >= 0.6 is 11.3 Å². The number of anilines is 1. The van der Waals surface area contributed by atoms with E-state index in [0.717, 1.165) is 16.9 Å². The number of aromatic nitrogens is 1. The summed E-state index contributed by atoms with van der Waals surface area (Å²) in [5.74, 6) is -1.37. The fourth-order valence-corrected chi connectivity index (χ4v) is 5.30. The Morgan fingerprint density at radius 1 is 1.08 bits per heavy atom. The first kappa shape index (κ1) is 26.9. The van der Waals surface area contributed by atoms with E-state index in [-0.39, 0.29) is 27.9 Å². The minimum atomic E-state index is -0.992. The second-order valence-electron chi connectivity index (χ2n) is 8.49. The van der Waals surface area contributed by atoms with Crippen LogP contribution in [0.2, 0.25) is 0 Å². The van der Waals surface area contributed by atoms with Crippen LogP contribution in [0.4, 0.5) is 5.13 Å². The van der Waals surface area contributed by atoms with Crippen molar-refractivity contribution in [2.24, 2.45) is 0 Å². The third-order valence-corrected chi connectivity index (χ3v) is 7.21. The number of Topliss-reactive ketones (excluding diaryl/α,β-unsaturated/α-hetero) is 1. The average molecular weight is 537 g/mol. The van der Waals surface area contributed by atoms with Crippen molar-refractivity contribution >= 4 is 39.9 Å². The molecular formula is C28H28N2O7S. The number of amides is 1. The SMILES string of the molecule is CCOC(=O)c1sc(N2C(=O)C(=O)/C(=C(/O)c3ccc(OC)c(C)c3)[C@H]2c2ccc(OCC)cc2)nc1C. The number of carbonyl (C=O) groups is 3. The zero-order valence-corrected chi connectivity index (χ0v) is 22.5. The van der Waals surface area contributed by atoms with E-state index in [9.17, 15) is 19.5 Å². The smallest absolute Gasteiger partial charge is 0.350 e. The highest BCUT2D eigenvalue weighted by molar-refractivity contribution is 7.17. The van der Waals surface area contributed by atoms with E-state index in [1.165, 1.54) is 4.90 Å². The molecule has 198 valence electrons. The molecule has 1 amide bonds. The van der Waals surface area contributed by atoms with Gasteiger partial charge in [-0.25, -0.2) is 9.78 Å². The molecule has 2 aromatic carbocycles. The predicted molar refractivity (Wildman–Crippen MR) is 143 cm³/mol. The molecule has 0 spiro atoms. The van der Waals surface area contributed by atoms with E-state index in [0.29, 0.717) is 34.9 Å². The number of aliphatic hydroxyl groups excluding tert-OH is 1. The van der Waals surface area contributed by atoms with Gasteiger partial charge in [0.2, 0.25) is 0 Å². The number of nitrogens with zero attached hydrogens (tertiary/aromatic N) is 2. The number of ether oxygens (including phenoxy) is 3. The van der Waals surface area contributed by atoms with E-state index in [1.807, 2.05) is 13.8 Å². The Labute approximate surface area is 224 Å². The molecule has 0 aliphatic carbocycles. The zero-order valence-electron chi connectivity index (χ0n) is 21.7. The van der Waals surface area contributed by atoms with Crippen molar-refractivity contribution < 1.29 is 33.7 Å². The Bertz CT molecular complexity index is 1430. The third kappa shape index (κ3) is 4.87. The maximum atomic E-state index is 13.4. The van der Waals surface area contributed by atoms with Crippen LogP contribution in [0.15, 0.2) is 48.0 Å². The number of carbonyl (C=O) groups excluding carboxylic acids is 3. The van der Waals surface area contributed by atoms with Crippen LogP contribution in [0.25, 0.3) is 5.76 Å². The number of methoxy groups -OCH3 is 1. The second-order valence-corrected chi connectivity index (χ2v) is 9.46. The number of benzene rings is 2.